The highest BCUT2D eigenvalue weighted by molar-refractivity contribution is 5.91. The summed E-state index contributed by atoms with van der Waals surface area (Å²) in [6.07, 6.45) is 15.7. The van der Waals surface area contributed by atoms with E-state index in [1.807, 2.05) is 29.0 Å². The molecule has 11 heteroatoms. The molecule has 0 bridgehead atoms. The Kier molecular flexibility index (Phi) is 9.88. The Bertz CT molecular complexity index is 1620. The van der Waals surface area contributed by atoms with Crippen molar-refractivity contribution in [2.75, 3.05) is 11.4 Å². The summed E-state index contributed by atoms with van der Waals surface area (Å²) >= 11 is 0. The first kappa shape index (κ1) is 33.2. The maximum Gasteiger partial charge on any atom is 0.323 e. The molecule has 1 saturated carbocycles. The van der Waals surface area contributed by atoms with E-state index in [0.29, 0.717) is 24.2 Å². The molecule has 4 aromatic heterocycles. The molecule has 2 amide bonds. The molecule has 0 spiro atoms. The minimum Gasteiger partial charge on any atom is -0.337 e. The molecule has 1 N–H and O–H groups in total. The zero-order valence-corrected chi connectivity index (χ0v) is 28.9. The van der Waals surface area contributed by atoms with Crippen LogP contribution in [0, 0.1) is 18.8 Å². The highest BCUT2D eigenvalue weighted by Gasteiger charge is 2.32. The molecule has 4 aromatic rings. The molecule has 0 atom stereocenters. The van der Waals surface area contributed by atoms with Crippen molar-refractivity contribution in [2.45, 2.75) is 105 Å². The van der Waals surface area contributed by atoms with E-state index in [-0.39, 0.29) is 23.5 Å². The normalized spacial score (nSPS) is 17.1. The Balaban J connectivity index is 1.33. The molecular formula is C35H50N10O. The number of urea groups is 1. The lowest BCUT2D eigenvalue weighted by molar-refractivity contribution is 0.235. The van der Waals surface area contributed by atoms with E-state index < -0.39 is 0 Å². The molecule has 0 aromatic carbocycles. The van der Waals surface area contributed by atoms with Gasteiger partial charge in [-0.1, -0.05) is 34.6 Å². The lowest BCUT2D eigenvalue weighted by Gasteiger charge is -2.36. The fourth-order valence-electron chi connectivity index (χ4n) is 6.07. The summed E-state index contributed by atoms with van der Waals surface area (Å²) in [5.41, 5.74) is 5.61. The fraction of sp³-hybridized carbons (Fsp3) is 0.571. The van der Waals surface area contributed by atoms with Crippen LogP contribution in [0.2, 0.25) is 0 Å². The number of aromatic nitrogens is 8. The topological polar surface area (TPSA) is 120 Å². The van der Waals surface area contributed by atoms with Gasteiger partial charge < -0.3 is 5.32 Å². The summed E-state index contributed by atoms with van der Waals surface area (Å²) in [5, 5.41) is 12.3. The monoisotopic (exact) mass is 626 g/mol. The maximum atomic E-state index is 13.5. The molecule has 11 nitrogen and oxygen atoms in total. The van der Waals surface area contributed by atoms with Crippen molar-refractivity contribution in [2.24, 2.45) is 18.9 Å². The molecule has 1 aliphatic rings. The SMILES string of the molecule is Cc1cn(C(C)C)nc1-c1nc(CC2CCC(N(C(=O)NCC(C)C)c3cnc(-c4cnn(C)c4)cn3)CC2)ncc1C(C)(C)C. The van der Waals surface area contributed by atoms with E-state index >= 15 is 0 Å². The van der Waals surface area contributed by atoms with Crippen LogP contribution in [0.1, 0.15) is 97.1 Å². The van der Waals surface area contributed by atoms with Crippen LogP contribution in [0.5, 0.6) is 0 Å². The van der Waals surface area contributed by atoms with Crippen LogP contribution in [-0.4, -0.2) is 58.1 Å². The van der Waals surface area contributed by atoms with Gasteiger partial charge in [0.1, 0.15) is 11.5 Å². The molecule has 1 fully saturated rings. The third kappa shape index (κ3) is 7.62. The van der Waals surface area contributed by atoms with Gasteiger partial charge in [-0.15, -0.1) is 0 Å². The van der Waals surface area contributed by atoms with Crippen molar-refractivity contribution < 1.29 is 4.79 Å². The van der Waals surface area contributed by atoms with Gasteiger partial charge in [0.2, 0.25) is 0 Å². The lowest BCUT2D eigenvalue weighted by atomic mass is 9.83. The zero-order chi connectivity index (χ0) is 33.2. The van der Waals surface area contributed by atoms with Gasteiger partial charge in [0.25, 0.3) is 0 Å². The summed E-state index contributed by atoms with van der Waals surface area (Å²) in [7, 11) is 1.87. The van der Waals surface area contributed by atoms with E-state index in [1.165, 1.54) is 0 Å². The minimum absolute atomic E-state index is 0.0318. The van der Waals surface area contributed by atoms with Crippen molar-refractivity contribution in [3.8, 4) is 22.6 Å². The molecule has 46 heavy (non-hydrogen) atoms. The van der Waals surface area contributed by atoms with E-state index in [4.69, 9.17) is 20.1 Å². The number of rotatable bonds is 9. The van der Waals surface area contributed by atoms with Gasteiger partial charge >= 0.3 is 6.03 Å². The largest absolute Gasteiger partial charge is 0.337 e. The molecular weight excluding hydrogens is 576 g/mol. The number of aryl methyl sites for hydroxylation is 2. The van der Waals surface area contributed by atoms with E-state index in [2.05, 4.69) is 77.0 Å². The van der Waals surface area contributed by atoms with Gasteiger partial charge in [-0.3, -0.25) is 19.2 Å². The molecule has 0 radical (unpaired) electrons. The Labute approximate surface area is 273 Å². The van der Waals surface area contributed by atoms with Crippen molar-refractivity contribution in [1.82, 2.24) is 44.8 Å². The number of anilines is 1. The van der Waals surface area contributed by atoms with Crippen molar-refractivity contribution in [3.05, 3.63) is 54.1 Å². The summed E-state index contributed by atoms with van der Waals surface area (Å²) in [5.74, 6) is 2.20. The van der Waals surface area contributed by atoms with E-state index in [0.717, 1.165) is 71.7 Å². The van der Waals surface area contributed by atoms with E-state index in [1.54, 1.807) is 23.3 Å². The average Bonchev–Trinajstić information content (AvgIpc) is 3.62. The van der Waals surface area contributed by atoms with Crippen LogP contribution in [0.15, 0.2) is 37.2 Å². The second-order valence-corrected chi connectivity index (χ2v) is 14.5. The first-order valence-corrected chi connectivity index (χ1v) is 16.6. The number of carbonyl (C=O) groups is 1. The number of amides is 2. The lowest BCUT2D eigenvalue weighted by Crippen LogP contribution is -2.49. The average molecular weight is 627 g/mol. The number of nitrogens with one attached hydrogen (secondary N) is 1. The molecule has 0 unspecified atom stereocenters. The van der Waals surface area contributed by atoms with Crippen LogP contribution in [-0.2, 0) is 18.9 Å². The first-order chi connectivity index (χ1) is 21.8. The van der Waals surface area contributed by atoms with Crippen LogP contribution < -0.4 is 10.2 Å². The van der Waals surface area contributed by atoms with Crippen LogP contribution in [0.3, 0.4) is 0 Å². The predicted molar refractivity (Wildman–Crippen MR) is 181 cm³/mol. The molecule has 1 aliphatic carbocycles. The Morgan fingerprint density at radius 2 is 1.72 bits per heavy atom. The number of carbonyl (C=O) groups excluding carboxylic acids is 1. The Morgan fingerprint density at radius 1 is 0.978 bits per heavy atom. The van der Waals surface area contributed by atoms with E-state index in [9.17, 15) is 4.79 Å². The van der Waals surface area contributed by atoms with Gasteiger partial charge in [-0.05, 0) is 69.3 Å². The zero-order valence-electron chi connectivity index (χ0n) is 28.9. The Hall–Kier alpha value is -4.15. The van der Waals surface area contributed by atoms with Gasteiger partial charge in [0.15, 0.2) is 5.82 Å². The van der Waals surface area contributed by atoms with Crippen molar-refractivity contribution in [1.29, 1.82) is 0 Å². The highest BCUT2D eigenvalue weighted by atomic mass is 16.2. The molecule has 0 saturated heterocycles. The number of hydrogen-bond donors (Lipinski definition) is 1. The molecule has 0 aliphatic heterocycles. The predicted octanol–water partition coefficient (Wildman–Crippen LogP) is 6.69. The first-order valence-electron chi connectivity index (χ1n) is 16.6. The summed E-state index contributed by atoms with van der Waals surface area (Å²) in [6.45, 7) is 17.8. The second kappa shape index (κ2) is 13.7. The molecule has 246 valence electrons. The Morgan fingerprint density at radius 3 is 2.28 bits per heavy atom. The van der Waals surface area contributed by atoms with Gasteiger partial charge in [-0.25, -0.2) is 19.7 Å². The molecule has 5 rings (SSSR count). The van der Waals surface area contributed by atoms with Crippen molar-refractivity contribution >= 4 is 11.8 Å². The summed E-state index contributed by atoms with van der Waals surface area (Å²) in [6, 6.07) is 0.186. The van der Waals surface area contributed by atoms with Crippen molar-refractivity contribution in [3.63, 3.8) is 0 Å². The minimum atomic E-state index is -0.123. The fourth-order valence-corrected chi connectivity index (χ4v) is 6.07. The van der Waals surface area contributed by atoms with Crippen LogP contribution in [0.25, 0.3) is 22.6 Å². The van der Waals surface area contributed by atoms with Crippen LogP contribution >= 0.6 is 0 Å². The number of nitrogens with zero attached hydrogens (tertiary/aromatic N) is 9. The van der Waals surface area contributed by atoms with Gasteiger partial charge in [-0.2, -0.15) is 10.2 Å². The highest BCUT2D eigenvalue weighted by Crippen LogP contribution is 2.35. The third-order valence-electron chi connectivity index (χ3n) is 8.73. The smallest absolute Gasteiger partial charge is 0.323 e. The van der Waals surface area contributed by atoms with Gasteiger partial charge in [0, 0.05) is 61.8 Å². The standard InChI is InChI=1S/C35H50N10O/c1-22(2)15-39-34(46)45(31-19-36-29(18-38-31)26-16-40-43(9)21-26)27-12-10-25(11-13-27)14-30-37-17-28(35(6,7)8)33(41-30)32-24(5)20-44(42-32)23(3)4/h16-23,25,27H,10-15H2,1-9H3,(H,39,46). The maximum absolute atomic E-state index is 13.5. The van der Waals surface area contributed by atoms with Gasteiger partial charge in [0.05, 0.1) is 30.0 Å². The quantitative estimate of drug-likeness (QED) is 0.220. The second-order valence-electron chi connectivity index (χ2n) is 14.5. The van der Waals surface area contributed by atoms with Crippen LogP contribution in [0.4, 0.5) is 10.6 Å². The summed E-state index contributed by atoms with van der Waals surface area (Å²) < 4.78 is 3.75. The number of hydrogen-bond acceptors (Lipinski definition) is 7. The molecule has 4 heterocycles. The summed E-state index contributed by atoms with van der Waals surface area (Å²) in [4.78, 5) is 34.7. The third-order valence-corrected chi connectivity index (χ3v) is 8.73.